The molecule has 4 rings (SSSR count). The summed E-state index contributed by atoms with van der Waals surface area (Å²) in [7, 11) is -2.69. The molecular formula is C24H27FN4O5S. The number of pyridine rings is 1. The number of nitrogens with one attached hydrogen (secondary N) is 2. The predicted molar refractivity (Wildman–Crippen MR) is 131 cm³/mol. The van der Waals surface area contributed by atoms with E-state index in [1.165, 1.54) is 43.6 Å². The molecule has 1 fully saturated rings. The van der Waals surface area contributed by atoms with E-state index in [0.717, 1.165) is 42.5 Å². The monoisotopic (exact) mass is 502 g/mol. The second-order valence-electron chi connectivity index (χ2n) is 8.25. The molecule has 0 aliphatic carbocycles. The van der Waals surface area contributed by atoms with Gasteiger partial charge in [-0.3, -0.25) is 18.8 Å². The summed E-state index contributed by atoms with van der Waals surface area (Å²) < 4.78 is 45.8. The summed E-state index contributed by atoms with van der Waals surface area (Å²) in [5.74, 6) is -1.00. The standard InChI is InChI=1S/C24H27FN4O5S/c1-28(18-5-3-17(25)4-6-18)35(32,33)19-7-8-22-20(15-19)23(30)21(16-27-22)24(31)26-9-2-10-29-11-13-34-14-12-29/h3-8,15-16H,2,9-14H2,1H3,(H,26,31)(H,27,30). The third-order valence-corrected chi connectivity index (χ3v) is 7.77. The van der Waals surface area contributed by atoms with Crippen molar-refractivity contribution in [2.45, 2.75) is 11.3 Å². The van der Waals surface area contributed by atoms with Crippen LogP contribution >= 0.6 is 0 Å². The van der Waals surface area contributed by atoms with E-state index in [9.17, 15) is 22.4 Å². The summed E-state index contributed by atoms with van der Waals surface area (Å²) in [6, 6.07) is 9.13. The molecule has 1 aliphatic rings. The molecule has 35 heavy (non-hydrogen) atoms. The number of carbonyl (C=O) groups excluding carboxylic acids is 1. The topological polar surface area (TPSA) is 112 Å². The van der Waals surface area contributed by atoms with Gasteiger partial charge in [-0.1, -0.05) is 0 Å². The second kappa shape index (κ2) is 10.5. The number of hydrogen-bond donors (Lipinski definition) is 2. The lowest BCUT2D eigenvalue weighted by Gasteiger charge is -2.26. The number of H-pyrrole nitrogens is 1. The van der Waals surface area contributed by atoms with Crippen LogP contribution < -0.4 is 15.1 Å². The minimum Gasteiger partial charge on any atom is -0.379 e. The van der Waals surface area contributed by atoms with Crippen LogP contribution in [0.1, 0.15) is 16.8 Å². The SMILES string of the molecule is CN(c1ccc(F)cc1)S(=O)(=O)c1ccc2[nH]cc(C(=O)NCCCN3CCOCC3)c(=O)c2c1. The lowest BCUT2D eigenvalue weighted by atomic mass is 10.1. The van der Waals surface area contributed by atoms with Gasteiger partial charge in [0.2, 0.25) is 5.43 Å². The molecule has 1 amide bonds. The van der Waals surface area contributed by atoms with E-state index in [-0.39, 0.29) is 21.5 Å². The highest BCUT2D eigenvalue weighted by molar-refractivity contribution is 7.92. The number of amides is 1. The lowest BCUT2D eigenvalue weighted by Crippen LogP contribution is -2.38. The molecule has 2 aromatic carbocycles. The maximum atomic E-state index is 13.2. The van der Waals surface area contributed by atoms with Gasteiger partial charge in [0.15, 0.2) is 0 Å². The molecule has 2 heterocycles. The summed E-state index contributed by atoms with van der Waals surface area (Å²) >= 11 is 0. The van der Waals surface area contributed by atoms with Gasteiger partial charge < -0.3 is 15.0 Å². The van der Waals surface area contributed by atoms with E-state index in [0.29, 0.717) is 25.3 Å². The Morgan fingerprint density at radius 3 is 2.60 bits per heavy atom. The van der Waals surface area contributed by atoms with Crippen molar-refractivity contribution in [2.75, 3.05) is 50.7 Å². The van der Waals surface area contributed by atoms with Gasteiger partial charge in [-0.05, 0) is 55.4 Å². The van der Waals surface area contributed by atoms with E-state index in [4.69, 9.17) is 4.74 Å². The minimum atomic E-state index is -4.03. The van der Waals surface area contributed by atoms with E-state index in [1.807, 2.05) is 0 Å². The van der Waals surface area contributed by atoms with Crippen LogP contribution in [0, 0.1) is 5.82 Å². The Morgan fingerprint density at radius 1 is 1.17 bits per heavy atom. The Balaban J connectivity index is 1.51. The Hall–Kier alpha value is -3.28. The van der Waals surface area contributed by atoms with Gasteiger partial charge in [0, 0.05) is 43.8 Å². The second-order valence-corrected chi connectivity index (χ2v) is 10.2. The van der Waals surface area contributed by atoms with Crippen LogP contribution in [-0.2, 0) is 14.8 Å². The molecule has 9 nitrogen and oxygen atoms in total. The Labute approximate surface area is 202 Å². The number of aromatic nitrogens is 1. The number of hydrogen-bond acceptors (Lipinski definition) is 6. The van der Waals surface area contributed by atoms with Crippen molar-refractivity contribution < 1.29 is 22.3 Å². The largest absolute Gasteiger partial charge is 0.379 e. The maximum absolute atomic E-state index is 13.2. The first kappa shape index (κ1) is 24.8. The Morgan fingerprint density at radius 2 is 1.89 bits per heavy atom. The summed E-state index contributed by atoms with van der Waals surface area (Å²) in [5, 5.41) is 2.84. The molecular weight excluding hydrogens is 475 g/mol. The van der Waals surface area contributed by atoms with Crippen LogP contribution in [0.3, 0.4) is 0 Å². The lowest BCUT2D eigenvalue weighted by molar-refractivity contribution is 0.0374. The number of morpholine rings is 1. The van der Waals surface area contributed by atoms with Crippen LogP contribution in [0.4, 0.5) is 10.1 Å². The minimum absolute atomic E-state index is 0.0829. The van der Waals surface area contributed by atoms with Crippen molar-refractivity contribution in [3.63, 3.8) is 0 Å². The predicted octanol–water partition coefficient (Wildman–Crippen LogP) is 1.94. The summed E-state index contributed by atoms with van der Waals surface area (Å²) in [6.07, 6.45) is 2.07. The number of aromatic amines is 1. The molecule has 186 valence electrons. The molecule has 1 aliphatic heterocycles. The van der Waals surface area contributed by atoms with E-state index >= 15 is 0 Å². The molecule has 0 saturated carbocycles. The molecule has 1 saturated heterocycles. The van der Waals surface area contributed by atoms with Crippen LogP contribution in [0.15, 0.2) is 58.4 Å². The smallest absolute Gasteiger partial charge is 0.264 e. The maximum Gasteiger partial charge on any atom is 0.264 e. The average molecular weight is 503 g/mol. The van der Waals surface area contributed by atoms with E-state index < -0.39 is 27.2 Å². The van der Waals surface area contributed by atoms with Gasteiger partial charge in [0.05, 0.1) is 23.8 Å². The first-order valence-corrected chi connectivity index (χ1v) is 12.7. The van der Waals surface area contributed by atoms with Gasteiger partial charge in [-0.25, -0.2) is 12.8 Å². The van der Waals surface area contributed by atoms with Gasteiger partial charge in [0.1, 0.15) is 11.4 Å². The molecule has 11 heteroatoms. The molecule has 0 unspecified atom stereocenters. The van der Waals surface area contributed by atoms with Crippen LogP contribution in [-0.4, -0.2) is 70.6 Å². The number of rotatable bonds is 8. The highest BCUT2D eigenvalue weighted by Crippen LogP contribution is 2.24. The van der Waals surface area contributed by atoms with Gasteiger partial charge in [-0.2, -0.15) is 0 Å². The zero-order chi connectivity index (χ0) is 25.0. The average Bonchev–Trinajstić information content (AvgIpc) is 2.87. The van der Waals surface area contributed by atoms with Crippen LogP contribution in [0.5, 0.6) is 0 Å². The third-order valence-electron chi connectivity index (χ3n) is 5.99. The van der Waals surface area contributed by atoms with Crippen molar-refractivity contribution in [3.8, 4) is 0 Å². The van der Waals surface area contributed by atoms with Crippen molar-refractivity contribution in [1.82, 2.24) is 15.2 Å². The normalized spacial score (nSPS) is 14.7. The van der Waals surface area contributed by atoms with Crippen LogP contribution in [0.25, 0.3) is 10.9 Å². The first-order valence-electron chi connectivity index (χ1n) is 11.3. The number of anilines is 1. The number of nitrogens with zero attached hydrogens (tertiary/aromatic N) is 2. The Kier molecular flexibility index (Phi) is 7.48. The zero-order valence-corrected chi connectivity index (χ0v) is 20.1. The quantitative estimate of drug-likeness (QED) is 0.456. The summed E-state index contributed by atoms with van der Waals surface area (Å²) in [4.78, 5) is 30.7. The molecule has 0 atom stereocenters. The highest BCUT2D eigenvalue weighted by Gasteiger charge is 2.23. The molecule has 0 radical (unpaired) electrons. The molecule has 2 N–H and O–H groups in total. The summed E-state index contributed by atoms with van der Waals surface area (Å²) in [5.41, 5.74) is 0.0177. The number of benzene rings is 2. The number of halogens is 1. The van der Waals surface area contributed by atoms with E-state index in [1.54, 1.807) is 0 Å². The van der Waals surface area contributed by atoms with E-state index in [2.05, 4.69) is 15.2 Å². The van der Waals surface area contributed by atoms with Crippen LogP contribution in [0.2, 0.25) is 0 Å². The first-order chi connectivity index (χ1) is 16.8. The highest BCUT2D eigenvalue weighted by atomic mass is 32.2. The van der Waals surface area contributed by atoms with Crippen molar-refractivity contribution in [3.05, 3.63) is 70.3 Å². The number of ether oxygens (including phenoxy) is 1. The van der Waals surface area contributed by atoms with Gasteiger partial charge in [-0.15, -0.1) is 0 Å². The fourth-order valence-corrected chi connectivity index (χ4v) is 5.12. The molecule has 3 aromatic rings. The Bertz CT molecular complexity index is 1370. The van der Waals surface area contributed by atoms with Crippen molar-refractivity contribution in [2.24, 2.45) is 0 Å². The fourth-order valence-electron chi connectivity index (χ4n) is 3.90. The molecule has 1 aromatic heterocycles. The van der Waals surface area contributed by atoms with Crippen molar-refractivity contribution >= 4 is 32.5 Å². The fraction of sp³-hybridized carbons (Fsp3) is 0.333. The molecule has 0 spiro atoms. The van der Waals surface area contributed by atoms with Crippen molar-refractivity contribution in [1.29, 1.82) is 0 Å². The summed E-state index contributed by atoms with van der Waals surface area (Å²) in [6.45, 7) is 4.36. The molecule has 0 bridgehead atoms. The zero-order valence-electron chi connectivity index (χ0n) is 19.3. The van der Waals surface area contributed by atoms with Gasteiger partial charge in [0.25, 0.3) is 15.9 Å². The number of fused-ring (bicyclic) bond motifs is 1. The number of sulfonamides is 1. The number of carbonyl (C=O) groups is 1. The third kappa shape index (κ3) is 5.53. The van der Waals surface area contributed by atoms with Gasteiger partial charge >= 0.3 is 0 Å².